The van der Waals surface area contributed by atoms with Crippen LogP contribution in [0.5, 0.6) is 0 Å². The summed E-state index contributed by atoms with van der Waals surface area (Å²) in [5.74, 6) is -0.672. The second kappa shape index (κ2) is 7.59. The van der Waals surface area contributed by atoms with Gasteiger partial charge in [0.15, 0.2) is 5.69 Å². The molecule has 0 atom stereocenters. The molecule has 0 fully saturated rings. The quantitative estimate of drug-likeness (QED) is 0.380. The lowest BCUT2D eigenvalue weighted by atomic mass is 10.1. The first-order valence-corrected chi connectivity index (χ1v) is 9.57. The van der Waals surface area contributed by atoms with Gasteiger partial charge in [-0.15, -0.1) is 0 Å². The van der Waals surface area contributed by atoms with Crippen molar-refractivity contribution in [2.75, 3.05) is 0 Å². The summed E-state index contributed by atoms with van der Waals surface area (Å²) in [7, 11) is 0. The molecule has 4 rings (SSSR count). The average Bonchev–Trinajstić information content (AvgIpc) is 2.71. The monoisotopic (exact) mass is 404 g/mol. The van der Waals surface area contributed by atoms with Crippen molar-refractivity contribution in [3.63, 3.8) is 0 Å². The van der Waals surface area contributed by atoms with Crippen LogP contribution in [0, 0.1) is 6.92 Å². The summed E-state index contributed by atoms with van der Waals surface area (Å²) in [6.45, 7) is 5.40. The van der Waals surface area contributed by atoms with Crippen molar-refractivity contribution in [3.05, 3.63) is 86.1 Å². The van der Waals surface area contributed by atoms with Crippen LogP contribution < -0.4 is 11.2 Å². The number of hydrogen-bond acceptors (Lipinski definition) is 6. The molecule has 0 amide bonds. The lowest BCUT2D eigenvalue weighted by Crippen LogP contribution is -2.27. The largest absolute Gasteiger partial charge is 0.456 e. The predicted octanol–water partition coefficient (Wildman–Crippen LogP) is 3.75. The number of aromatic nitrogens is 2. The maximum atomic E-state index is 12.9. The fourth-order valence-electron chi connectivity index (χ4n) is 3.38. The Morgan fingerprint density at radius 1 is 1.07 bits per heavy atom. The molecule has 2 aromatic heterocycles. The fraction of sp³-hybridized carbons (Fsp3) is 0.217. The zero-order chi connectivity index (χ0) is 21.4. The van der Waals surface area contributed by atoms with Crippen molar-refractivity contribution in [2.45, 2.75) is 33.4 Å². The number of rotatable bonds is 4. The lowest BCUT2D eigenvalue weighted by Gasteiger charge is -2.13. The SMILES string of the molecule is Cc1ccc2c(COC(=O)c3nn(C(C)C)c(=O)c4ccccc34)cc(=O)oc2c1. The van der Waals surface area contributed by atoms with E-state index in [0.29, 0.717) is 27.3 Å². The van der Waals surface area contributed by atoms with E-state index >= 15 is 0 Å². The number of carbonyl (C=O) groups is 1. The second-order valence-electron chi connectivity index (χ2n) is 7.40. The van der Waals surface area contributed by atoms with E-state index in [1.54, 1.807) is 30.3 Å². The predicted molar refractivity (Wildman–Crippen MR) is 113 cm³/mol. The highest BCUT2D eigenvalue weighted by atomic mass is 16.5. The number of hydrogen-bond donors (Lipinski definition) is 0. The number of esters is 1. The van der Waals surface area contributed by atoms with Crippen LogP contribution in [0.2, 0.25) is 0 Å². The van der Waals surface area contributed by atoms with Crippen molar-refractivity contribution >= 4 is 27.7 Å². The Bertz CT molecular complexity index is 1400. The molecule has 0 saturated carbocycles. The summed E-state index contributed by atoms with van der Waals surface area (Å²) in [4.78, 5) is 37.4. The zero-order valence-electron chi connectivity index (χ0n) is 16.8. The van der Waals surface area contributed by atoms with Gasteiger partial charge in [0.25, 0.3) is 5.56 Å². The van der Waals surface area contributed by atoms with Crippen molar-refractivity contribution in [1.29, 1.82) is 0 Å². The smallest absolute Gasteiger partial charge is 0.359 e. The normalized spacial score (nSPS) is 11.3. The van der Waals surface area contributed by atoms with E-state index in [9.17, 15) is 14.4 Å². The molecule has 0 N–H and O–H groups in total. The van der Waals surface area contributed by atoms with Crippen LogP contribution in [-0.4, -0.2) is 15.7 Å². The molecule has 4 aromatic rings. The molecule has 0 aliphatic carbocycles. The van der Waals surface area contributed by atoms with E-state index in [1.165, 1.54) is 10.7 Å². The fourth-order valence-corrected chi connectivity index (χ4v) is 3.38. The van der Waals surface area contributed by atoms with Gasteiger partial charge >= 0.3 is 11.6 Å². The van der Waals surface area contributed by atoms with Crippen LogP contribution in [-0.2, 0) is 11.3 Å². The maximum absolute atomic E-state index is 12.9. The summed E-state index contributed by atoms with van der Waals surface area (Å²) in [5.41, 5.74) is 1.20. The van der Waals surface area contributed by atoms with Gasteiger partial charge in [-0.3, -0.25) is 4.79 Å². The average molecular weight is 404 g/mol. The molecular formula is C23H20N2O5. The van der Waals surface area contributed by atoms with E-state index < -0.39 is 11.6 Å². The molecule has 0 bridgehead atoms. The molecule has 30 heavy (non-hydrogen) atoms. The number of nitrogens with zero attached hydrogens (tertiary/aromatic N) is 2. The Morgan fingerprint density at radius 2 is 1.80 bits per heavy atom. The molecule has 0 unspecified atom stereocenters. The molecule has 0 aliphatic heterocycles. The number of carbonyl (C=O) groups excluding carboxylic acids is 1. The maximum Gasteiger partial charge on any atom is 0.359 e. The van der Waals surface area contributed by atoms with Crippen LogP contribution in [0.1, 0.15) is 41.5 Å². The molecule has 7 nitrogen and oxygen atoms in total. The first-order valence-electron chi connectivity index (χ1n) is 9.57. The van der Waals surface area contributed by atoms with Crippen LogP contribution in [0.15, 0.2) is 62.5 Å². The van der Waals surface area contributed by atoms with Gasteiger partial charge in [-0.2, -0.15) is 5.10 Å². The molecule has 2 heterocycles. The van der Waals surface area contributed by atoms with E-state index in [0.717, 1.165) is 5.56 Å². The topological polar surface area (TPSA) is 91.4 Å². The van der Waals surface area contributed by atoms with E-state index in [-0.39, 0.29) is 23.9 Å². The number of aryl methyl sites for hydroxylation is 1. The molecule has 0 spiro atoms. The highest BCUT2D eigenvalue weighted by molar-refractivity contribution is 6.02. The Labute approximate surface area is 171 Å². The molecule has 2 aromatic carbocycles. The van der Waals surface area contributed by atoms with E-state index in [4.69, 9.17) is 9.15 Å². The number of benzene rings is 2. The Morgan fingerprint density at radius 3 is 2.53 bits per heavy atom. The van der Waals surface area contributed by atoms with Crippen LogP contribution in [0.25, 0.3) is 21.7 Å². The third-order valence-corrected chi connectivity index (χ3v) is 4.86. The standard InChI is InChI=1S/C23H20N2O5/c1-13(2)25-22(27)18-7-5-4-6-17(18)21(24-25)23(28)29-12-15-11-20(26)30-19-10-14(3)8-9-16(15)19/h4-11,13H,12H2,1-3H3. The highest BCUT2D eigenvalue weighted by Gasteiger charge is 2.19. The first-order chi connectivity index (χ1) is 14.3. The van der Waals surface area contributed by atoms with Gasteiger partial charge in [0.05, 0.1) is 11.4 Å². The van der Waals surface area contributed by atoms with Gasteiger partial charge in [0, 0.05) is 22.4 Å². The molecule has 152 valence electrons. The highest BCUT2D eigenvalue weighted by Crippen LogP contribution is 2.21. The van der Waals surface area contributed by atoms with Gasteiger partial charge in [-0.1, -0.05) is 30.3 Å². The minimum absolute atomic E-state index is 0.0574. The molecular weight excluding hydrogens is 384 g/mol. The summed E-state index contributed by atoms with van der Waals surface area (Å²) in [5, 5.41) is 5.77. The Balaban J connectivity index is 1.73. The van der Waals surface area contributed by atoms with Crippen molar-refractivity contribution in [1.82, 2.24) is 9.78 Å². The van der Waals surface area contributed by atoms with Crippen molar-refractivity contribution in [2.24, 2.45) is 0 Å². The van der Waals surface area contributed by atoms with Crippen molar-refractivity contribution in [3.8, 4) is 0 Å². The Kier molecular flexibility index (Phi) is 4.95. The molecule has 7 heteroatoms. The summed E-state index contributed by atoms with van der Waals surface area (Å²) >= 11 is 0. The molecule has 0 aliphatic rings. The zero-order valence-corrected chi connectivity index (χ0v) is 16.8. The lowest BCUT2D eigenvalue weighted by molar-refractivity contribution is 0.0466. The first kappa shape index (κ1) is 19.6. The third kappa shape index (κ3) is 3.50. The van der Waals surface area contributed by atoms with Gasteiger partial charge < -0.3 is 9.15 Å². The summed E-state index contributed by atoms with van der Waals surface area (Å²) in [6.07, 6.45) is 0. The van der Waals surface area contributed by atoms with Gasteiger partial charge in [0.1, 0.15) is 12.2 Å². The van der Waals surface area contributed by atoms with Crippen molar-refractivity contribution < 1.29 is 13.9 Å². The van der Waals surface area contributed by atoms with Crippen LogP contribution in [0.3, 0.4) is 0 Å². The van der Waals surface area contributed by atoms with E-state index in [2.05, 4.69) is 5.10 Å². The van der Waals surface area contributed by atoms with Gasteiger partial charge in [-0.25, -0.2) is 14.3 Å². The summed E-state index contributed by atoms with van der Waals surface area (Å²) < 4.78 is 12.0. The van der Waals surface area contributed by atoms with E-state index in [1.807, 2.05) is 32.9 Å². The molecule has 0 saturated heterocycles. The molecule has 0 radical (unpaired) electrons. The second-order valence-corrected chi connectivity index (χ2v) is 7.40. The van der Waals surface area contributed by atoms with Gasteiger partial charge in [0.2, 0.25) is 0 Å². The number of ether oxygens (including phenoxy) is 1. The van der Waals surface area contributed by atoms with Gasteiger partial charge in [-0.05, 0) is 38.5 Å². The minimum atomic E-state index is -0.672. The van der Waals surface area contributed by atoms with Crippen LogP contribution in [0.4, 0.5) is 0 Å². The minimum Gasteiger partial charge on any atom is -0.456 e. The van der Waals surface area contributed by atoms with Crippen LogP contribution >= 0.6 is 0 Å². The number of fused-ring (bicyclic) bond motifs is 2. The third-order valence-electron chi connectivity index (χ3n) is 4.86. The Hall–Kier alpha value is -3.74. The summed E-state index contributed by atoms with van der Waals surface area (Å²) in [6, 6.07) is 13.4.